The summed E-state index contributed by atoms with van der Waals surface area (Å²) in [6.07, 6.45) is -30.4. The molecule has 0 saturated carbocycles. The molecule has 2 saturated heterocycles. The fourth-order valence-electron chi connectivity index (χ4n) is 9.22. The van der Waals surface area contributed by atoms with Gasteiger partial charge in [-0.05, 0) is 6.42 Å². The summed E-state index contributed by atoms with van der Waals surface area (Å²) in [6.45, 7) is 19.3. The number of hydroxylamine groups is 4. The Morgan fingerprint density at radius 1 is 0.296 bits per heavy atom. The predicted octanol–water partition coefficient (Wildman–Crippen LogP) is 2.63. The van der Waals surface area contributed by atoms with Crippen LogP contribution in [-0.2, 0) is 205 Å². The highest BCUT2D eigenvalue weighted by atomic mass is 16.8. The van der Waals surface area contributed by atoms with E-state index >= 15 is 0 Å². The topological polar surface area (TPSA) is 624 Å². The van der Waals surface area contributed by atoms with Gasteiger partial charge in [-0.2, -0.15) is 0 Å². The zero-order chi connectivity index (χ0) is 94.9. The minimum absolute atomic E-state index is 0. The Bertz CT molecular complexity index is 3540. The normalized spacial score (nSPS) is 14.7. The van der Waals surface area contributed by atoms with Gasteiger partial charge in [0.25, 0.3) is 23.6 Å². The lowest BCUT2D eigenvalue weighted by Crippen LogP contribution is -2.57. The van der Waals surface area contributed by atoms with Crippen molar-refractivity contribution in [1.29, 1.82) is 0 Å². The van der Waals surface area contributed by atoms with Gasteiger partial charge in [-0.25, -0.2) is 28.8 Å². The molecule has 0 radical (unpaired) electrons. The molecule has 12 atom stereocenters. The third-order valence-corrected chi connectivity index (χ3v) is 15.6. The van der Waals surface area contributed by atoms with Crippen LogP contribution in [0.15, 0.2) is 0 Å². The Labute approximate surface area is 720 Å². The first-order valence-electron chi connectivity index (χ1n) is 39.7. The SMILES string of the molecule is C.CC.CCC(=O)OC(C(=O)CCCOCCOCC(=O)O)C(OC(=O)CC)C(OC(=O)CC)C(OC(=O)CC)C(=O)ON1C(=O)CCC1=O.CCC(=O)OC(C(=O)O)C(OC(=O)CC)C(OC(=O)CC)C(OC(=O)CC)C(=O)OCCOC.CCC(=O)OC(C(=O)OCCOC)C(OC(=O)CC)C(OC(=O)CC)C(OC(=O)CC)C(=O)ON1C(=O)CCC1=O. The molecule has 2 fully saturated rings. The Morgan fingerprint density at radius 3 is 0.768 bits per heavy atom. The van der Waals surface area contributed by atoms with Gasteiger partial charge in [0.1, 0.15) is 19.8 Å². The van der Waals surface area contributed by atoms with E-state index in [-0.39, 0.29) is 179 Å². The number of carbonyl (C=O) groups excluding carboxylic acids is 21. The van der Waals surface area contributed by atoms with Crippen molar-refractivity contribution in [1.82, 2.24) is 10.1 Å². The fraction of sp³-hybridized carbons (Fsp3) is 0.705. The first kappa shape index (κ1) is 117. The van der Waals surface area contributed by atoms with Crippen LogP contribution < -0.4 is 0 Å². The molecular weight excluding hydrogens is 1680 g/mol. The molecule has 0 aromatic rings. The summed E-state index contributed by atoms with van der Waals surface area (Å²) in [6, 6.07) is 0. The van der Waals surface area contributed by atoms with Crippen LogP contribution in [0.1, 0.15) is 220 Å². The molecule has 2 N–H and O–H groups in total. The number of hydrogen-bond donors (Lipinski definition) is 2. The van der Waals surface area contributed by atoms with E-state index in [9.17, 15) is 115 Å². The van der Waals surface area contributed by atoms with Gasteiger partial charge in [-0.1, -0.05) is 104 Å². The number of carboxylic acids is 2. The van der Waals surface area contributed by atoms with Crippen LogP contribution >= 0.6 is 0 Å². The molecule has 0 aromatic heterocycles. The number of hydrogen-bond acceptors (Lipinski definition) is 43. The molecule has 2 aliphatic heterocycles. The van der Waals surface area contributed by atoms with E-state index in [4.69, 9.17) is 100 Å². The quantitative estimate of drug-likeness (QED) is 0.0382. The first-order chi connectivity index (χ1) is 58.8. The van der Waals surface area contributed by atoms with Crippen molar-refractivity contribution < 1.29 is 215 Å². The number of imide groups is 2. The van der Waals surface area contributed by atoms with Crippen molar-refractivity contribution in [2.45, 2.75) is 293 Å². The summed E-state index contributed by atoms with van der Waals surface area (Å²) in [5, 5.41) is 18.6. The van der Waals surface area contributed by atoms with Crippen LogP contribution in [0.3, 0.4) is 0 Å². The van der Waals surface area contributed by atoms with Crippen molar-refractivity contribution >= 4 is 137 Å². The smallest absolute Gasteiger partial charge is 0.377 e. The summed E-state index contributed by atoms with van der Waals surface area (Å²) in [4.78, 5) is 295. The third-order valence-electron chi connectivity index (χ3n) is 15.6. The summed E-state index contributed by atoms with van der Waals surface area (Å²) < 4.78 is 92.5. The van der Waals surface area contributed by atoms with Crippen LogP contribution in [-0.4, -0.2) is 298 Å². The van der Waals surface area contributed by atoms with Gasteiger partial charge in [0.15, 0.2) is 42.4 Å². The summed E-state index contributed by atoms with van der Waals surface area (Å²) in [5.74, 6) is -24.9. The lowest BCUT2D eigenvalue weighted by atomic mass is 9.96. The summed E-state index contributed by atoms with van der Waals surface area (Å²) in [5.41, 5.74) is 0. The molecule has 47 heteroatoms. The van der Waals surface area contributed by atoms with Gasteiger partial charge in [0, 0.05) is 130 Å². The zero-order valence-corrected chi connectivity index (χ0v) is 72.2. The highest BCUT2D eigenvalue weighted by molar-refractivity contribution is 6.03. The first-order valence-corrected chi connectivity index (χ1v) is 39.7. The van der Waals surface area contributed by atoms with E-state index in [2.05, 4.69) is 0 Å². The van der Waals surface area contributed by atoms with E-state index in [1.165, 1.54) is 97.3 Å². The Balaban J connectivity index is -0.00000178. The van der Waals surface area contributed by atoms with E-state index in [1.807, 2.05) is 13.8 Å². The Kier molecular flexibility index (Phi) is 61.8. The molecule has 0 aromatic carbocycles. The third kappa shape index (κ3) is 44.4. The lowest BCUT2D eigenvalue weighted by molar-refractivity contribution is -0.223. The predicted molar refractivity (Wildman–Crippen MR) is 411 cm³/mol. The van der Waals surface area contributed by atoms with Crippen LogP contribution in [0.2, 0.25) is 0 Å². The maximum Gasteiger partial charge on any atom is 0.377 e. The molecule has 710 valence electrons. The monoisotopic (exact) mass is 1800 g/mol. The molecule has 0 bridgehead atoms. The highest BCUT2D eigenvalue weighted by Gasteiger charge is 2.55. The van der Waals surface area contributed by atoms with E-state index < -0.39 is 217 Å². The molecule has 2 rings (SSSR count). The second-order valence-electron chi connectivity index (χ2n) is 24.7. The average molecular weight is 1800 g/mol. The molecule has 125 heavy (non-hydrogen) atoms. The van der Waals surface area contributed by atoms with E-state index in [0.29, 0.717) is 0 Å². The average Bonchev–Trinajstić information content (AvgIpc) is 1.55. The van der Waals surface area contributed by atoms with Crippen LogP contribution in [0, 0.1) is 0 Å². The second kappa shape index (κ2) is 65.8. The molecule has 0 aliphatic carbocycles. The molecule has 12 unspecified atom stereocenters. The molecule has 0 spiro atoms. The number of amides is 4. The van der Waals surface area contributed by atoms with Gasteiger partial charge in [0.2, 0.25) is 36.6 Å². The van der Waals surface area contributed by atoms with Crippen molar-refractivity contribution in [3.63, 3.8) is 0 Å². The van der Waals surface area contributed by atoms with Crippen molar-refractivity contribution in [3.05, 3.63) is 0 Å². The van der Waals surface area contributed by atoms with Gasteiger partial charge in [-0.3, -0.25) is 81.5 Å². The molecule has 2 aliphatic rings. The molecular formula is C78H118N2O45. The number of carbonyl (C=O) groups is 23. The van der Waals surface area contributed by atoms with Gasteiger partial charge < -0.3 is 105 Å². The Morgan fingerprint density at radius 2 is 0.520 bits per heavy atom. The zero-order valence-electron chi connectivity index (χ0n) is 72.2. The Hall–Kier alpha value is -11.7. The number of esters is 14. The number of rotatable bonds is 56. The van der Waals surface area contributed by atoms with Crippen LogP contribution in [0.5, 0.6) is 0 Å². The standard InChI is InChI=1S/C29H41NO17.C25H35NO15.C21H32O13.C2H6.CH4/c1-5-21(36)43-25(17(31)10-9-13-41-14-15-42-16-20(34)35)26(44-22(37)6-2)27(45-23(38)7-3)28(46-24(39)8-4)29(40)47-30-18(32)11-12-19(30)33;1-6-16(29)37-20(22(39-18(31)8-3)24(33)36-13-12-35-5)21(38-17(30)7-2)23(40-19(32)9-4)25(34)41-26-14(27)10-11-15(26)28;1-6-12(22)31-16(18(20(26)27)33-14(24)8-3)17(32-13(23)7-2)19(34-15(25)9-4)21(28)30-11-10-29-5;1-2;/h25-28H,5-16H2,1-4H3,(H,34,35);20-23H,6-13H2,1-5H3;16-19H,6-11H2,1-5H3,(H,26,27);1-2H3;1H4. The van der Waals surface area contributed by atoms with Crippen molar-refractivity contribution in [2.24, 2.45) is 0 Å². The maximum absolute atomic E-state index is 13.5. The number of methoxy groups -OCH3 is 2. The number of nitrogens with zero attached hydrogens (tertiary/aromatic N) is 2. The minimum Gasteiger partial charge on any atom is -0.480 e. The lowest BCUT2D eigenvalue weighted by Gasteiger charge is -2.34. The van der Waals surface area contributed by atoms with E-state index in [0.717, 1.165) is 0 Å². The minimum atomic E-state index is -2.32. The van der Waals surface area contributed by atoms with E-state index in [1.54, 1.807) is 0 Å². The number of Topliss-reactive ketones (excluding diaryl/α,β-unsaturated/α-hetero) is 1. The van der Waals surface area contributed by atoms with Crippen LogP contribution in [0.25, 0.3) is 0 Å². The van der Waals surface area contributed by atoms with Gasteiger partial charge in [0.05, 0.1) is 26.4 Å². The van der Waals surface area contributed by atoms with Crippen LogP contribution in [0.4, 0.5) is 0 Å². The van der Waals surface area contributed by atoms with Crippen molar-refractivity contribution in [3.8, 4) is 0 Å². The molecule has 2 heterocycles. The molecule has 4 amide bonds. The van der Waals surface area contributed by atoms with Gasteiger partial charge in [-0.15, -0.1) is 10.1 Å². The number of aliphatic carboxylic acids is 2. The highest BCUT2D eigenvalue weighted by Crippen LogP contribution is 2.29. The number of carboxylic acid groups (broad SMARTS) is 2. The second-order valence-corrected chi connectivity index (χ2v) is 24.7. The molecule has 47 nitrogen and oxygen atoms in total. The van der Waals surface area contributed by atoms with Crippen molar-refractivity contribution in [2.75, 3.05) is 67.1 Å². The number of ether oxygens (including phenoxy) is 18. The largest absolute Gasteiger partial charge is 0.480 e. The summed E-state index contributed by atoms with van der Waals surface area (Å²) >= 11 is 0. The fourth-order valence-corrected chi connectivity index (χ4v) is 9.22. The maximum atomic E-state index is 13.5. The summed E-state index contributed by atoms with van der Waals surface area (Å²) in [7, 11) is 2.66. The van der Waals surface area contributed by atoms with Gasteiger partial charge >= 0.3 is 107 Å². The number of ketones is 1.